The number of nitrogens with zero attached hydrogens (tertiary/aromatic N) is 1. The van der Waals surface area contributed by atoms with Crippen molar-refractivity contribution in [3.63, 3.8) is 0 Å². The molecule has 0 atom stereocenters. The van der Waals surface area contributed by atoms with E-state index in [1.807, 2.05) is 30.3 Å². The van der Waals surface area contributed by atoms with Crippen molar-refractivity contribution in [3.05, 3.63) is 69.8 Å². The minimum absolute atomic E-state index is 0.0786. The van der Waals surface area contributed by atoms with Gasteiger partial charge < -0.3 is 4.74 Å². The number of hydrogen-bond donors (Lipinski definition) is 0. The summed E-state index contributed by atoms with van der Waals surface area (Å²) in [4.78, 5) is 10.3. The van der Waals surface area contributed by atoms with Crippen LogP contribution in [0.3, 0.4) is 0 Å². The molecule has 0 unspecified atom stereocenters. The van der Waals surface area contributed by atoms with E-state index >= 15 is 0 Å². The summed E-state index contributed by atoms with van der Waals surface area (Å²) in [5.41, 5.74) is 2.07. The van der Waals surface area contributed by atoms with Crippen LogP contribution in [0.25, 0.3) is 0 Å². The quantitative estimate of drug-likeness (QED) is 0.453. The fourth-order valence-electron chi connectivity index (χ4n) is 1.85. The summed E-state index contributed by atoms with van der Waals surface area (Å²) in [5.74, 6) is 0.684. The van der Waals surface area contributed by atoms with E-state index in [4.69, 9.17) is 4.74 Å². The third-order valence-corrected chi connectivity index (χ3v) is 3.49. The molecule has 0 N–H and O–H groups in total. The minimum atomic E-state index is -0.403. The van der Waals surface area contributed by atoms with Crippen LogP contribution >= 0.6 is 15.9 Å². The Morgan fingerprint density at radius 1 is 1.15 bits per heavy atom. The van der Waals surface area contributed by atoms with E-state index in [0.29, 0.717) is 17.7 Å². The minimum Gasteiger partial charge on any atom is -0.493 e. The van der Waals surface area contributed by atoms with Crippen LogP contribution in [0.4, 0.5) is 5.69 Å². The van der Waals surface area contributed by atoms with Crippen LogP contribution in [0.2, 0.25) is 0 Å². The SMILES string of the molecule is O=[N+]([O-])c1ccc(OCCc2ccccc2)c(CBr)c1. The van der Waals surface area contributed by atoms with Crippen molar-refractivity contribution in [3.8, 4) is 5.75 Å². The maximum absolute atomic E-state index is 10.7. The van der Waals surface area contributed by atoms with Gasteiger partial charge in [-0.1, -0.05) is 46.3 Å². The van der Waals surface area contributed by atoms with E-state index in [2.05, 4.69) is 15.9 Å². The number of hydrogen-bond acceptors (Lipinski definition) is 3. The van der Waals surface area contributed by atoms with Gasteiger partial charge in [-0.05, 0) is 11.6 Å². The van der Waals surface area contributed by atoms with Crippen LogP contribution in [0.15, 0.2) is 48.5 Å². The lowest BCUT2D eigenvalue weighted by Gasteiger charge is -2.10. The van der Waals surface area contributed by atoms with Gasteiger partial charge in [-0.15, -0.1) is 0 Å². The molecule has 0 saturated carbocycles. The monoisotopic (exact) mass is 335 g/mol. The normalized spacial score (nSPS) is 10.2. The first kappa shape index (κ1) is 14.5. The third-order valence-electron chi connectivity index (χ3n) is 2.89. The summed E-state index contributed by atoms with van der Waals surface area (Å²) in [7, 11) is 0. The molecule has 0 radical (unpaired) electrons. The van der Waals surface area contributed by atoms with Crippen LogP contribution < -0.4 is 4.74 Å². The molecule has 0 saturated heterocycles. The van der Waals surface area contributed by atoms with Crippen LogP contribution in [-0.2, 0) is 11.8 Å². The van der Waals surface area contributed by atoms with Gasteiger partial charge in [0.25, 0.3) is 5.69 Å². The van der Waals surface area contributed by atoms with Crippen molar-refractivity contribution in [1.82, 2.24) is 0 Å². The zero-order valence-corrected chi connectivity index (χ0v) is 12.4. The zero-order valence-electron chi connectivity index (χ0n) is 10.8. The first-order valence-electron chi connectivity index (χ1n) is 6.20. The first-order chi connectivity index (χ1) is 9.70. The lowest BCUT2D eigenvalue weighted by Crippen LogP contribution is -2.03. The molecule has 2 rings (SSSR count). The Kier molecular flexibility index (Phi) is 5.12. The van der Waals surface area contributed by atoms with Gasteiger partial charge in [0.15, 0.2) is 0 Å². The second kappa shape index (κ2) is 7.05. The highest BCUT2D eigenvalue weighted by molar-refractivity contribution is 9.08. The van der Waals surface area contributed by atoms with Crippen molar-refractivity contribution in [2.24, 2.45) is 0 Å². The molecule has 20 heavy (non-hydrogen) atoms. The molecule has 0 aliphatic rings. The summed E-state index contributed by atoms with van der Waals surface area (Å²) in [6, 6.07) is 14.7. The van der Waals surface area contributed by atoms with Crippen LogP contribution in [0, 0.1) is 10.1 Å². The number of halogens is 1. The lowest BCUT2D eigenvalue weighted by molar-refractivity contribution is -0.384. The van der Waals surface area contributed by atoms with Crippen molar-refractivity contribution in [2.75, 3.05) is 6.61 Å². The van der Waals surface area contributed by atoms with Crippen LogP contribution in [-0.4, -0.2) is 11.5 Å². The topological polar surface area (TPSA) is 52.4 Å². The summed E-state index contributed by atoms with van der Waals surface area (Å²) < 4.78 is 5.71. The Morgan fingerprint density at radius 2 is 1.90 bits per heavy atom. The molecule has 0 amide bonds. The zero-order chi connectivity index (χ0) is 14.4. The van der Waals surface area contributed by atoms with Gasteiger partial charge in [0.1, 0.15) is 5.75 Å². The highest BCUT2D eigenvalue weighted by atomic mass is 79.9. The van der Waals surface area contributed by atoms with E-state index in [1.165, 1.54) is 17.7 Å². The van der Waals surface area contributed by atoms with E-state index in [1.54, 1.807) is 6.07 Å². The van der Waals surface area contributed by atoms with Crippen molar-refractivity contribution >= 4 is 21.6 Å². The highest BCUT2D eigenvalue weighted by Crippen LogP contribution is 2.26. The fraction of sp³-hybridized carbons (Fsp3) is 0.200. The number of rotatable bonds is 6. The number of alkyl halides is 1. The molecule has 0 aliphatic carbocycles. The van der Waals surface area contributed by atoms with Gasteiger partial charge in [0, 0.05) is 29.4 Å². The number of ether oxygens (including phenoxy) is 1. The summed E-state index contributed by atoms with van der Waals surface area (Å²) >= 11 is 3.33. The van der Waals surface area contributed by atoms with Crippen molar-refractivity contribution in [2.45, 2.75) is 11.8 Å². The molecule has 5 heteroatoms. The Morgan fingerprint density at radius 3 is 2.55 bits per heavy atom. The highest BCUT2D eigenvalue weighted by Gasteiger charge is 2.10. The summed E-state index contributed by atoms with van der Waals surface area (Å²) in [5, 5.41) is 11.3. The molecule has 104 valence electrons. The molecule has 2 aromatic carbocycles. The van der Waals surface area contributed by atoms with E-state index in [-0.39, 0.29) is 5.69 Å². The van der Waals surface area contributed by atoms with E-state index in [9.17, 15) is 10.1 Å². The molecule has 2 aromatic rings. The van der Waals surface area contributed by atoms with Crippen LogP contribution in [0.1, 0.15) is 11.1 Å². The van der Waals surface area contributed by atoms with E-state index in [0.717, 1.165) is 12.0 Å². The average Bonchev–Trinajstić information content (AvgIpc) is 2.48. The lowest BCUT2D eigenvalue weighted by atomic mass is 10.1. The van der Waals surface area contributed by atoms with Gasteiger partial charge in [0.2, 0.25) is 0 Å². The molecular weight excluding hydrogens is 322 g/mol. The van der Waals surface area contributed by atoms with Gasteiger partial charge in [-0.2, -0.15) is 0 Å². The predicted octanol–water partition coefficient (Wildman–Crippen LogP) is 4.11. The predicted molar refractivity (Wildman–Crippen MR) is 81.4 cm³/mol. The largest absolute Gasteiger partial charge is 0.493 e. The Hall–Kier alpha value is -1.88. The number of benzene rings is 2. The maximum atomic E-state index is 10.7. The smallest absolute Gasteiger partial charge is 0.270 e. The molecule has 4 nitrogen and oxygen atoms in total. The molecule has 0 spiro atoms. The van der Waals surface area contributed by atoms with Gasteiger partial charge in [0.05, 0.1) is 11.5 Å². The molecule has 0 heterocycles. The van der Waals surface area contributed by atoms with Gasteiger partial charge >= 0.3 is 0 Å². The second-order valence-electron chi connectivity index (χ2n) is 4.27. The summed E-state index contributed by atoms with van der Waals surface area (Å²) in [6.45, 7) is 0.543. The third kappa shape index (κ3) is 3.81. The molecule has 0 aliphatic heterocycles. The second-order valence-corrected chi connectivity index (χ2v) is 4.83. The number of nitro benzene ring substituents is 1. The van der Waals surface area contributed by atoms with Gasteiger partial charge in [-0.25, -0.2) is 0 Å². The molecule has 0 fully saturated rings. The molecule has 0 aromatic heterocycles. The van der Waals surface area contributed by atoms with Crippen molar-refractivity contribution in [1.29, 1.82) is 0 Å². The number of non-ortho nitro benzene ring substituents is 1. The Balaban J connectivity index is 2.00. The standard InChI is InChI=1S/C15H14BrNO3/c16-11-13-10-14(17(18)19)6-7-15(13)20-9-8-12-4-2-1-3-5-12/h1-7,10H,8-9,11H2. The van der Waals surface area contributed by atoms with Crippen molar-refractivity contribution < 1.29 is 9.66 Å². The Bertz CT molecular complexity index is 587. The number of nitro groups is 1. The van der Waals surface area contributed by atoms with Gasteiger partial charge in [-0.3, -0.25) is 10.1 Å². The average molecular weight is 336 g/mol. The Labute approximate surface area is 125 Å². The first-order valence-corrected chi connectivity index (χ1v) is 7.33. The molecular formula is C15H14BrNO3. The maximum Gasteiger partial charge on any atom is 0.270 e. The fourth-order valence-corrected chi connectivity index (χ4v) is 2.29. The van der Waals surface area contributed by atoms with E-state index < -0.39 is 4.92 Å². The molecule has 0 bridgehead atoms. The summed E-state index contributed by atoms with van der Waals surface area (Å²) in [6.07, 6.45) is 0.805. The van der Waals surface area contributed by atoms with Crippen LogP contribution in [0.5, 0.6) is 5.75 Å².